The molecule has 0 bridgehead atoms. The number of carbonyl (C=O) groups is 1. The number of likely N-dealkylation sites (tertiary alicyclic amines) is 2. The lowest BCUT2D eigenvalue weighted by Gasteiger charge is -2.40. The number of nitrogens with zero attached hydrogens (tertiary/aromatic N) is 2. The van der Waals surface area contributed by atoms with Gasteiger partial charge in [-0.15, -0.1) is 0 Å². The van der Waals surface area contributed by atoms with Crippen molar-refractivity contribution in [3.05, 3.63) is 0 Å². The Morgan fingerprint density at radius 3 is 2.37 bits per heavy atom. The predicted octanol–water partition coefficient (Wildman–Crippen LogP) is 1.59. The molecule has 1 unspecified atom stereocenters. The summed E-state index contributed by atoms with van der Waals surface area (Å²) in [5.41, 5.74) is 5.56. The van der Waals surface area contributed by atoms with E-state index in [0.29, 0.717) is 6.04 Å². The van der Waals surface area contributed by atoms with Gasteiger partial charge in [-0.05, 0) is 52.2 Å². The van der Waals surface area contributed by atoms with Crippen LogP contribution in [0.25, 0.3) is 0 Å². The number of hydrogen-bond donors (Lipinski definition) is 1. The number of primary amides is 1. The summed E-state index contributed by atoms with van der Waals surface area (Å²) in [5, 5.41) is 0. The van der Waals surface area contributed by atoms with Crippen LogP contribution in [0.3, 0.4) is 0 Å². The number of nitrogens with two attached hydrogens (primary N) is 1. The van der Waals surface area contributed by atoms with Gasteiger partial charge < -0.3 is 10.6 Å². The molecule has 4 heteroatoms. The lowest BCUT2D eigenvalue weighted by molar-refractivity contribution is -0.125. The molecular weight excluding hydrogens is 238 g/mol. The molecule has 2 rings (SSSR count). The first kappa shape index (κ1) is 14.8. The van der Waals surface area contributed by atoms with Crippen LogP contribution in [0, 0.1) is 0 Å². The Morgan fingerprint density at radius 1 is 1.11 bits per heavy atom. The van der Waals surface area contributed by atoms with Crippen molar-refractivity contribution in [2.75, 3.05) is 26.2 Å². The van der Waals surface area contributed by atoms with Crippen molar-refractivity contribution < 1.29 is 4.79 Å². The van der Waals surface area contributed by atoms with Gasteiger partial charge >= 0.3 is 0 Å². The van der Waals surface area contributed by atoms with Crippen molar-refractivity contribution >= 4 is 5.91 Å². The van der Waals surface area contributed by atoms with Crippen molar-refractivity contribution in [2.45, 2.75) is 64.0 Å². The molecule has 0 aromatic rings. The van der Waals surface area contributed by atoms with Gasteiger partial charge in [0.05, 0.1) is 6.04 Å². The lowest BCUT2D eigenvalue weighted by atomic mass is 9.99. The Balaban J connectivity index is 1.89. The predicted molar refractivity (Wildman–Crippen MR) is 77.9 cm³/mol. The molecule has 2 fully saturated rings. The maximum absolute atomic E-state index is 11.6. The normalized spacial score (nSPS) is 28.8. The van der Waals surface area contributed by atoms with Crippen molar-refractivity contribution in [1.29, 1.82) is 0 Å². The van der Waals surface area contributed by atoms with Crippen LogP contribution in [-0.4, -0.2) is 54.0 Å². The van der Waals surface area contributed by atoms with Crippen LogP contribution in [0.1, 0.15) is 51.9 Å². The quantitative estimate of drug-likeness (QED) is 0.841. The first-order valence-electron chi connectivity index (χ1n) is 7.96. The van der Waals surface area contributed by atoms with Crippen LogP contribution in [0.15, 0.2) is 0 Å². The fraction of sp³-hybridized carbons (Fsp3) is 0.933. The molecule has 0 spiro atoms. The number of rotatable bonds is 4. The average Bonchev–Trinajstić information content (AvgIpc) is 2.67. The van der Waals surface area contributed by atoms with Crippen LogP contribution in [0.4, 0.5) is 0 Å². The van der Waals surface area contributed by atoms with Gasteiger partial charge in [0.1, 0.15) is 0 Å². The first-order chi connectivity index (χ1) is 9.18. The Kier molecular flexibility index (Phi) is 5.64. The van der Waals surface area contributed by atoms with Gasteiger partial charge in [-0.3, -0.25) is 9.69 Å². The first-order valence-corrected chi connectivity index (χ1v) is 7.96. The number of carbonyl (C=O) groups excluding carboxylic acids is 1. The summed E-state index contributed by atoms with van der Waals surface area (Å²) >= 11 is 0. The molecule has 0 aliphatic carbocycles. The maximum Gasteiger partial charge on any atom is 0.234 e. The molecule has 2 atom stereocenters. The molecule has 2 aliphatic rings. The average molecular weight is 267 g/mol. The summed E-state index contributed by atoms with van der Waals surface area (Å²) < 4.78 is 0. The third-order valence-corrected chi connectivity index (χ3v) is 4.66. The lowest BCUT2D eigenvalue weighted by Crippen LogP contribution is -2.54. The molecule has 4 nitrogen and oxygen atoms in total. The number of amides is 1. The van der Waals surface area contributed by atoms with Crippen LogP contribution in [0.2, 0.25) is 0 Å². The molecule has 0 aromatic carbocycles. The highest BCUT2D eigenvalue weighted by molar-refractivity contribution is 5.80. The Hall–Kier alpha value is -0.610. The van der Waals surface area contributed by atoms with E-state index in [2.05, 4.69) is 16.7 Å². The minimum Gasteiger partial charge on any atom is -0.368 e. The van der Waals surface area contributed by atoms with Gasteiger partial charge in [0.2, 0.25) is 5.91 Å². The van der Waals surface area contributed by atoms with Crippen LogP contribution >= 0.6 is 0 Å². The van der Waals surface area contributed by atoms with E-state index < -0.39 is 0 Å². The summed E-state index contributed by atoms with van der Waals surface area (Å²) in [6, 6.07) is 0.409. The SMILES string of the molecule is C[C@@H](CN1CCCCCC1)N1CCCCC1C(N)=O. The van der Waals surface area contributed by atoms with Gasteiger partial charge in [0.15, 0.2) is 0 Å². The zero-order valence-corrected chi connectivity index (χ0v) is 12.3. The van der Waals surface area contributed by atoms with E-state index in [1.807, 2.05) is 0 Å². The third kappa shape index (κ3) is 4.18. The zero-order chi connectivity index (χ0) is 13.7. The van der Waals surface area contributed by atoms with E-state index in [9.17, 15) is 4.79 Å². The van der Waals surface area contributed by atoms with E-state index in [1.54, 1.807) is 0 Å². The smallest absolute Gasteiger partial charge is 0.234 e. The molecule has 2 saturated heterocycles. The van der Waals surface area contributed by atoms with Crippen molar-refractivity contribution in [3.8, 4) is 0 Å². The molecule has 2 heterocycles. The van der Waals surface area contributed by atoms with Gasteiger partial charge in [-0.25, -0.2) is 0 Å². The summed E-state index contributed by atoms with van der Waals surface area (Å²) in [5.74, 6) is -0.137. The van der Waals surface area contributed by atoms with E-state index in [-0.39, 0.29) is 11.9 Å². The molecule has 2 aliphatic heterocycles. The monoisotopic (exact) mass is 267 g/mol. The number of hydrogen-bond acceptors (Lipinski definition) is 3. The molecule has 0 saturated carbocycles. The highest BCUT2D eigenvalue weighted by Gasteiger charge is 2.30. The second kappa shape index (κ2) is 7.25. The highest BCUT2D eigenvalue weighted by Crippen LogP contribution is 2.20. The number of piperidine rings is 1. The van der Waals surface area contributed by atoms with Crippen molar-refractivity contribution in [2.24, 2.45) is 5.73 Å². The fourth-order valence-corrected chi connectivity index (χ4v) is 3.58. The summed E-state index contributed by atoms with van der Waals surface area (Å²) in [6.07, 6.45) is 8.68. The molecule has 19 heavy (non-hydrogen) atoms. The second-order valence-electron chi connectivity index (χ2n) is 6.22. The van der Waals surface area contributed by atoms with E-state index in [1.165, 1.54) is 45.2 Å². The van der Waals surface area contributed by atoms with E-state index in [4.69, 9.17) is 5.73 Å². The van der Waals surface area contributed by atoms with Gasteiger partial charge in [0, 0.05) is 12.6 Å². The summed E-state index contributed by atoms with van der Waals surface area (Å²) in [7, 11) is 0. The molecule has 0 aromatic heterocycles. The van der Waals surface area contributed by atoms with Crippen LogP contribution in [-0.2, 0) is 4.79 Å². The Labute approximate surface area is 117 Å². The Bertz CT molecular complexity index is 287. The van der Waals surface area contributed by atoms with E-state index in [0.717, 1.165) is 25.9 Å². The topological polar surface area (TPSA) is 49.6 Å². The minimum absolute atomic E-state index is 0.0317. The van der Waals surface area contributed by atoms with Crippen LogP contribution < -0.4 is 5.73 Å². The summed E-state index contributed by atoms with van der Waals surface area (Å²) in [6.45, 7) is 6.82. The van der Waals surface area contributed by atoms with Gasteiger partial charge in [-0.1, -0.05) is 19.3 Å². The zero-order valence-electron chi connectivity index (χ0n) is 12.3. The van der Waals surface area contributed by atoms with E-state index >= 15 is 0 Å². The highest BCUT2D eigenvalue weighted by atomic mass is 16.1. The molecule has 110 valence electrons. The molecule has 1 amide bonds. The van der Waals surface area contributed by atoms with Crippen molar-refractivity contribution in [1.82, 2.24) is 9.80 Å². The Morgan fingerprint density at radius 2 is 1.74 bits per heavy atom. The maximum atomic E-state index is 11.6. The van der Waals surface area contributed by atoms with Gasteiger partial charge in [0.25, 0.3) is 0 Å². The summed E-state index contributed by atoms with van der Waals surface area (Å²) in [4.78, 5) is 16.5. The van der Waals surface area contributed by atoms with Crippen molar-refractivity contribution in [3.63, 3.8) is 0 Å². The molecule has 0 radical (unpaired) electrons. The fourth-order valence-electron chi connectivity index (χ4n) is 3.58. The molecular formula is C15H29N3O. The van der Waals surface area contributed by atoms with Gasteiger partial charge in [-0.2, -0.15) is 0 Å². The molecule has 2 N–H and O–H groups in total. The third-order valence-electron chi connectivity index (χ3n) is 4.66. The minimum atomic E-state index is -0.137. The second-order valence-corrected chi connectivity index (χ2v) is 6.22. The standard InChI is InChI=1S/C15H29N3O/c1-13(12-17-9-5-2-3-6-10-17)18-11-7-4-8-14(18)15(16)19/h13-14H,2-12H2,1H3,(H2,16,19)/t13-,14?/m0/s1. The van der Waals surface area contributed by atoms with Crippen LogP contribution in [0.5, 0.6) is 0 Å². The largest absolute Gasteiger partial charge is 0.368 e.